The van der Waals surface area contributed by atoms with E-state index >= 15 is 0 Å². The summed E-state index contributed by atoms with van der Waals surface area (Å²) < 4.78 is 15.9. The molecule has 0 saturated heterocycles. The molecule has 7 nitrogen and oxygen atoms in total. The summed E-state index contributed by atoms with van der Waals surface area (Å²) in [5.41, 5.74) is 1.96. The molecule has 0 unspecified atom stereocenters. The predicted octanol–water partition coefficient (Wildman–Crippen LogP) is 2.24. The van der Waals surface area contributed by atoms with Crippen LogP contribution in [0.15, 0.2) is 36.4 Å². The molecule has 2 aromatic carbocycles. The zero-order valence-electron chi connectivity index (χ0n) is 13.5. The molecule has 2 aliphatic rings. The van der Waals surface area contributed by atoms with E-state index in [1.165, 1.54) is 0 Å². The van der Waals surface area contributed by atoms with E-state index in [9.17, 15) is 9.59 Å². The number of anilines is 1. The molecule has 2 aromatic rings. The van der Waals surface area contributed by atoms with Gasteiger partial charge in [0, 0.05) is 5.56 Å². The van der Waals surface area contributed by atoms with Crippen LogP contribution >= 0.6 is 0 Å². The molecule has 7 heteroatoms. The number of hydrogen-bond acceptors (Lipinski definition) is 5. The molecular formula is C18H16N2O5. The Morgan fingerprint density at radius 2 is 1.88 bits per heavy atom. The van der Waals surface area contributed by atoms with Gasteiger partial charge >= 0.3 is 0 Å². The summed E-state index contributed by atoms with van der Waals surface area (Å²) in [5.74, 6) is 1.41. The van der Waals surface area contributed by atoms with E-state index in [0.717, 1.165) is 5.56 Å². The van der Waals surface area contributed by atoms with E-state index in [1.807, 2.05) is 13.0 Å². The Morgan fingerprint density at radius 1 is 1.08 bits per heavy atom. The average molecular weight is 340 g/mol. The van der Waals surface area contributed by atoms with Crippen LogP contribution in [0.2, 0.25) is 0 Å². The fourth-order valence-corrected chi connectivity index (χ4v) is 2.77. The molecule has 25 heavy (non-hydrogen) atoms. The van der Waals surface area contributed by atoms with Gasteiger partial charge in [-0.1, -0.05) is 6.07 Å². The molecule has 2 amide bonds. The normalized spacial score (nSPS) is 15.6. The van der Waals surface area contributed by atoms with Gasteiger partial charge in [0.05, 0.1) is 11.7 Å². The second-order valence-electron chi connectivity index (χ2n) is 5.86. The third-order valence-electron chi connectivity index (χ3n) is 4.12. The maximum Gasteiger partial charge on any atom is 0.262 e. The number of amides is 2. The third kappa shape index (κ3) is 2.96. The molecule has 0 bridgehead atoms. The third-order valence-corrected chi connectivity index (χ3v) is 4.12. The summed E-state index contributed by atoms with van der Waals surface area (Å²) in [7, 11) is 0. The van der Waals surface area contributed by atoms with Crippen LogP contribution in [0.5, 0.6) is 17.2 Å². The molecule has 128 valence electrons. The van der Waals surface area contributed by atoms with Crippen LogP contribution in [0.3, 0.4) is 0 Å². The molecule has 4 rings (SSSR count). The summed E-state index contributed by atoms with van der Waals surface area (Å²) in [6, 6.07) is 10.3. The van der Waals surface area contributed by atoms with Gasteiger partial charge in [-0.25, -0.2) is 0 Å². The second-order valence-corrected chi connectivity index (χ2v) is 5.86. The standard InChI is InChI=1S/C18H16N2O5/c1-10(11-2-4-14-13(6-11)20-17(21)8-23-14)19-18(22)12-3-5-15-16(7-12)25-9-24-15/h2-7,10H,8-9H2,1H3,(H,19,22)(H,20,21)/t10-/m0/s1. The summed E-state index contributed by atoms with van der Waals surface area (Å²) in [6.45, 7) is 2.06. The number of carbonyl (C=O) groups excluding carboxylic acids is 2. The highest BCUT2D eigenvalue weighted by atomic mass is 16.7. The largest absolute Gasteiger partial charge is 0.482 e. The molecule has 0 aromatic heterocycles. The van der Waals surface area contributed by atoms with Crippen LogP contribution in [0.25, 0.3) is 0 Å². The Balaban J connectivity index is 1.50. The van der Waals surface area contributed by atoms with Crippen LogP contribution in [-0.4, -0.2) is 25.2 Å². The van der Waals surface area contributed by atoms with Gasteiger partial charge in [0.15, 0.2) is 18.1 Å². The Kier molecular flexibility index (Phi) is 3.68. The van der Waals surface area contributed by atoms with Crippen molar-refractivity contribution < 1.29 is 23.8 Å². The first-order valence-corrected chi connectivity index (χ1v) is 7.87. The monoisotopic (exact) mass is 340 g/mol. The number of rotatable bonds is 3. The fraction of sp³-hybridized carbons (Fsp3) is 0.222. The van der Waals surface area contributed by atoms with Crippen LogP contribution < -0.4 is 24.8 Å². The number of nitrogens with one attached hydrogen (secondary N) is 2. The summed E-state index contributed by atoms with van der Waals surface area (Å²) in [4.78, 5) is 23.9. The van der Waals surface area contributed by atoms with Crippen molar-refractivity contribution >= 4 is 17.5 Å². The van der Waals surface area contributed by atoms with Gasteiger partial charge in [-0.05, 0) is 42.8 Å². The highest BCUT2D eigenvalue weighted by Crippen LogP contribution is 2.33. The van der Waals surface area contributed by atoms with Gasteiger partial charge in [-0.2, -0.15) is 0 Å². The number of hydrogen-bond donors (Lipinski definition) is 2. The summed E-state index contributed by atoms with van der Waals surface area (Å²) in [5, 5.41) is 5.69. The Morgan fingerprint density at radius 3 is 2.76 bits per heavy atom. The van der Waals surface area contributed by atoms with Gasteiger partial charge in [-0.15, -0.1) is 0 Å². The molecule has 0 spiro atoms. The molecule has 1 atom stereocenters. The van der Waals surface area contributed by atoms with Gasteiger partial charge in [0.25, 0.3) is 11.8 Å². The fourth-order valence-electron chi connectivity index (χ4n) is 2.77. The molecule has 2 aliphatic heterocycles. The highest BCUT2D eigenvalue weighted by Gasteiger charge is 2.20. The quantitative estimate of drug-likeness (QED) is 0.895. The molecular weight excluding hydrogens is 324 g/mol. The van der Waals surface area contributed by atoms with Gasteiger partial charge < -0.3 is 24.8 Å². The van der Waals surface area contributed by atoms with Crippen molar-refractivity contribution in [2.24, 2.45) is 0 Å². The Labute approximate surface area is 143 Å². The van der Waals surface area contributed by atoms with E-state index in [2.05, 4.69) is 10.6 Å². The Bertz CT molecular complexity index is 865. The lowest BCUT2D eigenvalue weighted by Crippen LogP contribution is -2.28. The summed E-state index contributed by atoms with van der Waals surface area (Å²) in [6.07, 6.45) is 0. The topological polar surface area (TPSA) is 85.9 Å². The molecule has 0 saturated carbocycles. The minimum Gasteiger partial charge on any atom is -0.482 e. The summed E-state index contributed by atoms with van der Waals surface area (Å²) >= 11 is 0. The minimum atomic E-state index is -0.248. The van der Waals surface area contributed by atoms with Crippen LogP contribution in [0.4, 0.5) is 5.69 Å². The first-order chi connectivity index (χ1) is 12.1. The lowest BCUT2D eigenvalue weighted by atomic mass is 10.1. The molecule has 0 fully saturated rings. The predicted molar refractivity (Wildman–Crippen MR) is 89.0 cm³/mol. The smallest absolute Gasteiger partial charge is 0.262 e. The van der Waals surface area contributed by atoms with E-state index in [4.69, 9.17) is 14.2 Å². The maximum atomic E-state index is 12.5. The van der Waals surface area contributed by atoms with Gasteiger partial charge in [0.2, 0.25) is 6.79 Å². The minimum absolute atomic E-state index is 0.0166. The number of ether oxygens (including phenoxy) is 3. The van der Waals surface area contributed by atoms with Crippen molar-refractivity contribution in [3.8, 4) is 17.2 Å². The average Bonchev–Trinajstić information content (AvgIpc) is 3.08. The van der Waals surface area contributed by atoms with Crippen LogP contribution in [0, 0.1) is 0 Å². The second kappa shape index (κ2) is 6.01. The van der Waals surface area contributed by atoms with Crippen LogP contribution in [0.1, 0.15) is 28.9 Å². The zero-order chi connectivity index (χ0) is 17.4. The first-order valence-electron chi connectivity index (χ1n) is 7.87. The lowest BCUT2D eigenvalue weighted by molar-refractivity contribution is -0.118. The van der Waals surface area contributed by atoms with Crippen molar-refractivity contribution in [3.05, 3.63) is 47.5 Å². The number of carbonyl (C=O) groups is 2. The van der Waals surface area contributed by atoms with Crippen LogP contribution in [-0.2, 0) is 4.79 Å². The number of fused-ring (bicyclic) bond motifs is 2. The van der Waals surface area contributed by atoms with E-state index in [0.29, 0.717) is 28.5 Å². The lowest BCUT2D eigenvalue weighted by Gasteiger charge is -2.21. The van der Waals surface area contributed by atoms with E-state index in [1.54, 1.807) is 30.3 Å². The maximum absolute atomic E-state index is 12.5. The molecule has 0 radical (unpaired) electrons. The number of benzene rings is 2. The van der Waals surface area contributed by atoms with Crippen molar-refractivity contribution in [1.29, 1.82) is 0 Å². The molecule has 2 N–H and O–H groups in total. The van der Waals surface area contributed by atoms with E-state index < -0.39 is 0 Å². The highest BCUT2D eigenvalue weighted by molar-refractivity contribution is 5.96. The van der Waals surface area contributed by atoms with Crippen molar-refractivity contribution in [2.45, 2.75) is 13.0 Å². The van der Waals surface area contributed by atoms with Crippen molar-refractivity contribution in [1.82, 2.24) is 5.32 Å². The molecule has 2 heterocycles. The van der Waals surface area contributed by atoms with E-state index in [-0.39, 0.29) is 31.3 Å². The van der Waals surface area contributed by atoms with Crippen molar-refractivity contribution in [3.63, 3.8) is 0 Å². The Hall–Kier alpha value is -3.22. The zero-order valence-corrected chi connectivity index (χ0v) is 13.5. The first kappa shape index (κ1) is 15.3. The molecule has 0 aliphatic carbocycles. The SMILES string of the molecule is C[C@H](NC(=O)c1ccc2c(c1)OCO2)c1ccc2c(c1)NC(=O)CO2. The van der Waals surface area contributed by atoms with Gasteiger partial charge in [-0.3, -0.25) is 9.59 Å². The van der Waals surface area contributed by atoms with Crippen molar-refractivity contribution in [2.75, 3.05) is 18.7 Å². The van der Waals surface area contributed by atoms with Gasteiger partial charge in [0.1, 0.15) is 5.75 Å².